The van der Waals surface area contributed by atoms with E-state index >= 15 is 0 Å². The minimum atomic E-state index is -1.54. The van der Waals surface area contributed by atoms with Crippen LogP contribution in [0.3, 0.4) is 0 Å². The number of rotatable bonds is 0. The van der Waals surface area contributed by atoms with Crippen LogP contribution in [0.25, 0.3) is 0 Å². The summed E-state index contributed by atoms with van der Waals surface area (Å²) >= 11 is 0. The highest BCUT2D eigenvalue weighted by atomic mass is 19.1. The molecule has 11 heavy (non-hydrogen) atoms. The monoisotopic (exact) mass is 151 g/mol. The fourth-order valence-electron chi connectivity index (χ4n) is 1.07. The number of nitrogens with zero attached hydrogens (tertiary/aromatic N) is 1. The van der Waals surface area contributed by atoms with E-state index in [9.17, 15) is 4.39 Å². The van der Waals surface area contributed by atoms with Gasteiger partial charge in [0.1, 0.15) is 5.82 Å². The van der Waals surface area contributed by atoms with Crippen molar-refractivity contribution in [3.63, 3.8) is 0 Å². The maximum Gasteiger partial charge on any atom is 0.123 e. The van der Waals surface area contributed by atoms with Crippen molar-refractivity contribution in [2.75, 3.05) is 6.54 Å². The van der Waals surface area contributed by atoms with E-state index < -0.39 is 12.2 Å². The van der Waals surface area contributed by atoms with E-state index in [0.29, 0.717) is 11.1 Å². The Morgan fingerprint density at radius 1 is 1.55 bits per heavy atom. The first-order chi connectivity index (χ1) is 6.09. The topological polar surface area (TPSA) is 12.4 Å². The summed E-state index contributed by atoms with van der Waals surface area (Å²) in [5.41, 5.74) is 1.06. The van der Waals surface area contributed by atoms with Crippen molar-refractivity contribution in [3.8, 4) is 0 Å². The van der Waals surface area contributed by atoms with Crippen molar-refractivity contribution >= 4 is 6.21 Å². The molecule has 0 N–H and O–H groups in total. The van der Waals surface area contributed by atoms with Gasteiger partial charge in [0.25, 0.3) is 0 Å². The number of hydrogen-bond donors (Lipinski definition) is 0. The van der Waals surface area contributed by atoms with Crippen molar-refractivity contribution in [3.05, 3.63) is 35.1 Å². The van der Waals surface area contributed by atoms with Gasteiger partial charge >= 0.3 is 0 Å². The molecule has 1 aliphatic heterocycles. The summed E-state index contributed by atoms with van der Waals surface area (Å²) in [7, 11) is 0. The van der Waals surface area contributed by atoms with Crippen LogP contribution in [-0.4, -0.2) is 12.8 Å². The van der Waals surface area contributed by atoms with Crippen LogP contribution in [0.2, 0.25) is 0 Å². The molecule has 0 unspecified atom stereocenters. The van der Waals surface area contributed by atoms with Crippen molar-refractivity contribution in [1.82, 2.24) is 0 Å². The summed E-state index contributed by atoms with van der Waals surface area (Å²) in [6.07, 6.45) is 0.0439. The molecule has 0 radical (unpaired) electrons. The van der Waals surface area contributed by atoms with Gasteiger partial charge in [0.2, 0.25) is 0 Å². The van der Waals surface area contributed by atoms with E-state index in [1.807, 2.05) is 0 Å². The predicted molar refractivity (Wildman–Crippen MR) is 42.6 cm³/mol. The van der Waals surface area contributed by atoms with Gasteiger partial charge in [-0.1, -0.05) is 6.07 Å². The van der Waals surface area contributed by atoms with Crippen molar-refractivity contribution in [2.24, 2.45) is 4.99 Å². The second kappa shape index (κ2) is 2.46. The zero-order valence-electron chi connectivity index (χ0n) is 7.84. The summed E-state index contributed by atoms with van der Waals surface area (Å²) in [4.78, 5) is 3.88. The molecule has 1 nitrogen and oxygen atoms in total. The average molecular weight is 151 g/mol. The van der Waals surface area contributed by atoms with Gasteiger partial charge in [0.15, 0.2) is 0 Å². The summed E-state index contributed by atoms with van der Waals surface area (Å²) < 4.78 is 28.0. The van der Waals surface area contributed by atoms with Crippen LogP contribution in [0, 0.1) is 5.82 Å². The van der Waals surface area contributed by atoms with Crippen LogP contribution in [0.15, 0.2) is 23.2 Å². The Hall–Kier alpha value is -1.18. The van der Waals surface area contributed by atoms with Gasteiger partial charge < -0.3 is 0 Å². The summed E-state index contributed by atoms with van der Waals surface area (Å²) in [6, 6.07) is 4.10. The van der Waals surface area contributed by atoms with Crippen LogP contribution >= 0.6 is 0 Å². The van der Waals surface area contributed by atoms with Crippen LogP contribution in [0.5, 0.6) is 0 Å². The predicted octanol–water partition coefficient (Wildman–Crippen LogP) is 1.80. The summed E-state index contributed by atoms with van der Waals surface area (Å²) in [6.45, 7) is 0.0729. The smallest absolute Gasteiger partial charge is 0.123 e. The Balaban J connectivity index is 2.62. The number of fused-ring (bicyclic) bond motifs is 1. The van der Waals surface area contributed by atoms with E-state index in [1.165, 1.54) is 12.1 Å². The van der Waals surface area contributed by atoms with Crippen molar-refractivity contribution < 1.29 is 7.13 Å². The van der Waals surface area contributed by atoms with E-state index in [-0.39, 0.29) is 6.54 Å². The molecule has 0 saturated heterocycles. The van der Waals surface area contributed by atoms with Gasteiger partial charge in [-0.15, -0.1) is 0 Å². The number of hydrogen-bond acceptors (Lipinski definition) is 1. The Kier molecular flexibility index (Phi) is 1.04. The number of aliphatic imine (C=N–C) groups is 1. The summed E-state index contributed by atoms with van der Waals surface area (Å²) in [5, 5.41) is 0. The molecule has 0 amide bonds. The van der Waals surface area contributed by atoms with Gasteiger partial charge in [-0.2, -0.15) is 0 Å². The average Bonchev–Trinajstić information content (AvgIpc) is 2.06. The van der Waals surface area contributed by atoms with Gasteiger partial charge in [-0.05, 0) is 29.6 Å². The molecule has 0 spiro atoms. The van der Waals surface area contributed by atoms with Gasteiger partial charge in [-0.3, -0.25) is 4.99 Å². The Bertz CT molecular complexity index is 374. The zero-order chi connectivity index (χ0) is 9.47. The fourth-order valence-corrected chi connectivity index (χ4v) is 1.07. The van der Waals surface area contributed by atoms with Gasteiger partial charge in [0.05, 0.1) is 0 Å². The number of halogens is 1. The second-order valence-corrected chi connectivity index (χ2v) is 2.38. The molecule has 0 saturated carbocycles. The lowest BCUT2D eigenvalue weighted by molar-refractivity contribution is 0.625. The van der Waals surface area contributed by atoms with E-state index in [2.05, 4.69) is 4.99 Å². The zero-order valence-corrected chi connectivity index (χ0v) is 5.84. The number of benzene rings is 1. The third-order valence-corrected chi connectivity index (χ3v) is 1.61. The molecule has 1 aromatic carbocycles. The van der Waals surface area contributed by atoms with E-state index in [0.717, 1.165) is 0 Å². The maximum absolute atomic E-state index is 12.8. The standard InChI is InChI=1S/C9H8FN/c10-9-2-1-8-6-11-4-3-7(8)5-9/h1-2,5-6H,3-4H2/i3D2. The van der Waals surface area contributed by atoms with Crippen molar-refractivity contribution in [2.45, 2.75) is 6.37 Å². The summed E-state index contributed by atoms with van der Waals surface area (Å²) in [5.74, 6) is -0.405. The first-order valence-electron chi connectivity index (χ1n) is 4.39. The Morgan fingerprint density at radius 3 is 3.36 bits per heavy atom. The normalized spacial score (nSPS) is 21.9. The van der Waals surface area contributed by atoms with E-state index in [4.69, 9.17) is 2.74 Å². The lowest BCUT2D eigenvalue weighted by atomic mass is 10.0. The molecule has 0 atom stereocenters. The first-order valence-corrected chi connectivity index (χ1v) is 3.39. The highest BCUT2D eigenvalue weighted by Crippen LogP contribution is 2.13. The molecule has 2 heteroatoms. The molecule has 0 bridgehead atoms. The lowest BCUT2D eigenvalue weighted by Gasteiger charge is -2.08. The quantitative estimate of drug-likeness (QED) is 0.536. The first kappa shape index (κ1) is 4.65. The van der Waals surface area contributed by atoms with E-state index in [1.54, 1.807) is 12.3 Å². The minimum Gasteiger partial charge on any atom is -0.292 e. The molecule has 0 aliphatic carbocycles. The molecule has 56 valence electrons. The SMILES string of the molecule is [2H]C1([2H])CN=Cc2ccc(F)cc21. The van der Waals surface area contributed by atoms with Gasteiger partial charge in [0, 0.05) is 15.5 Å². The largest absolute Gasteiger partial charge is 0.292 e. The van der Waals surface area contributed by atoms with Gasteiger partial charge in [-0.25, -0.2) is 4.39 Å². The highest BCUT2D eigenvalue weighted by molar-refractivity contribution is 5.82. The maximum atomic E-state index is 12.8. The molecule has 0 aromatic heterocycles. The third-order valence-electron chi connectivity index (χ3n) is 1.61. The Morgan fingerprint density at radius 2 is 2.45 bits per heavy atom. The molecule has 1 aliphatic rings. The van der Waals surface area contributed by atoms with Crippen LogP contribution in [0.1, 0.15) is 13.9 Å². The molecule has 1 heterocycles. The molecule has 2 rings (SSSR count). The van der Waals surface area contributed by atoms with Crippen LogP contribution < -0.4 is 0 Å². The second-order valence-electron chi connectivity index (χ2n) is 2.38. The molecule has 0 fully saturated rings. The minimum absolute atomic E-state index is 0.0729. The molecule has 1 aromatic rings. The third kappa shape index (κ3) is 1.16. The lowest BCUT2D eigenvalue weighted by Crippen LogP contribution is -2.02. The van der Waals surface area contributed by atoms with Crippen molar-refractivity contribution in [1.29, 1.82) is 0 Å². The highest BCUT2D eigenvalue weighted by Gasteiger charge is 2.04. The molecular formula is C9H8FN. The fraction of sp³-hybridized carbons (Fsp3) is 0.222. The Labute approximate surface area is 67.4 Å². The van der Waals surface area contributed by atoms with Crippen LogP contribution in [0.4, 0.5) is 4.39 Å². The van der Waals surface area contributed by atoms with Crippen LogP contribution in [-0.2, 0) is 6.37 Å². The molecular weight excluding hydrogens is 141 g/mol.